The highest BCUT2D eigenvalue weighted by Crippen LogP contribution is 1.90. The van der Waals surface area contributed by atoms with Crippen LogP contribution < -0.4 is 0 Å². The average molecular weight is 151 g/mol. The second-order valence-corrected chi connectivity index (χ2v) is 3.00. The molecule has 11 heavy (non-hydrogen) atoms. The van der Waals surface area contributed by atoms with Crippen molar-refractivity contribution < 1.29 is 0 Å². The van der Waals surface area contributed by atoms with Gasteiger partial charge in [-0.25, -0.2) is 0 Å². The first-order chi connectivity index (χ1) is 5.16. The molecule has 0 heterocycles. The summed E-state index contributed by atoms with van der Waals surface area (Å²) in [5.41, 5.74) is 0. The molecule has 0 aliphatic rings. The predicted molar refractivity (Wildman–Crippen MR) is 53.9 cm³/mol. The molecule has 0 N–H and O–H groups in total. The van der Waals surface area contributed by atoms with Crippen molar-refractivity contribution in [1.29, 1.82) is 0 Å². The van der Waals surface area contributed by atoms with Crippen LogP contribution in [0, 0.1) is 0 Å². The van der Waals surface area contributed by atoms with Crippen LogP contribution in [0.4, 0.5) is 0 Å². The molecule has 0 rings (SSSR count). The second-order valence-electron chi connectivity index (χ2n) is 3.00. The zero-order valence-electron chi connectivity index (χ0n) is 8.04. The van der Waals surface area contributed by atoms with Crippen LogP contribution in [-0.4, -0.2) is 25.7 Å². The van der Waals surface area contributed by atoms with Gasteiger partial charge >= 0.3 is 0 Å². The van der Waals surface area contributed by atoms with E-state index >= 15 is 0 Å². The van der Waals surface area contributed by atoms with E-state index in [0.717, 1.165) is 6.42 Å². The van der Waals surface area contributed by atoms with E-state index in [4.69, 9.17) is 0 Å². The topological polar surface area (TPSA) is 3.24 Å². The molecule has 0 aromatic rings. The third-order valence-electron chi connectivity index (χ3n) is 1.36. The van der Waals surface area contributed by atoms with E-state index in [1.807, 2.05) is 14.1 Å². The molecule has 0 fully saturated rings. The van der Waals surface area contributed by atoms with Gasteiger partial charge in [-0.15, -0.1) is 5.98 Å². The fraction of sp³-hybridized carbons (Fsp3) is 0.556. The van der Waals surface area contributed by atoms with E-state index in [2.05, 4.69) is 42.9 Å². The second kappa shape index (κ2) is 6.08. The monoisotopic (exact) mass is 151 g/mol. The van der Waals surface area contributed by atoms with Gasteiger partial charge in [-0.2, -0.15) is 0 Å². The van der Waals surface area contributed by atoms with Crippen molar-refractivity contribution in [2.45, 2.75) is 20.2 Å². The fourth-order valence-electron chi connectivity index (χ4n) is 0.723. The summed E-state index contributed by atoms with van der Waals surface area (Å²) in [6.45, 7) is 4.89. The highest BCUT2D eigenvalue weighted by molar-refractivity contribution is 6.68. The molecule has 1 nitrogen and oxygen atoms in total. The average Bonchev–Trinajstić information content (AvgIpc) is 1.97. The Morgan fingerprint density at radius 3 is 2.36 bits per heavy atom. The number of allylic oxidation sites excluding steroid dienone is 1. The van der Waals surface area contributed by atoms with Gasteiger partial charge in [0.15, 0.2) is 6.71 Å². The summed E-state index contributed by atoms with van der Waals surface area (Å²) in [5.74, 6) is 4.41. The smallest absolute Gasteiger partial charge is 0.190 e. The van der Waals surface area contributed by atoms with Gasteiger partial charge in [0, 0.05) is 14.1 Å². The van der Waals surface area contributed by atoms with Crippen LogP contribution in [0.1, 0.15) is 13.3 Å². The van der Waals surface area contributed by atoms with E-state index < -0.39 is 0 Å². The highest BCUT2D eigenvalue weighted by atomic mass is 15.0. The maximum absolute atomic E-state index is 2.22. The summed E-state index contributed by atoms with van der Waals surface area (Å²) in [4.78, 5) is 2.05. The normalized spacial score (nSPS) is 11.3. The van der Waals surface area contributed by atoms with Gasteiger partial charge in [0.25, 0.3) is 0 Å². The van der Waals surface area contributed by atoms with Gasteiger partial charge in [-0.05, 0) is 12.6 Å². The number of hydrogen-bond acceptors (Lipinski definition) is 1. The lowest BCUT2D eigenvalue weighted by Crippen LogP contribution is -2.05. The van der Waals surface area contributed by atoms with Crippen molar-refractivity contribution in [3.8, 4) is 0 Å². The van der Waals surface area contributed by atoms with E-state index in [-0.39, 0.29) is 0 Å². The molecule has 0 atom stereocenters. The third-order valence-corrected chi connectivity index (χ3v) is 1.36. The molecule has 0 amide bonds. The Morgan fingerprint density at radius 2 is 1.91 bits per heavy atom. The SMILES string of the molecule is CC/C=C\B(C)/C=C\N(C)C. The Kier molecular flexibility index (Phi) is 5.72. The molecule has 0 aliphatic heterocycles. The maximum atomic E-state index is 2.22. The van der Waals surface area contributed by atoms with Gasteiger partial charge in [0.05, 0.1) is 0 Å². The van der Waals surface area contributed by atoms with Crippen molar-refractivity contribution in [2.24, 2.45) is 0 Å². The number of nitrogens with zero attached hydrogens (tertiary/aromatic N) is 1. The first-order valence-corrected chi connectivity index (χ1v) is 4.18. The van der Waals surface area contributed by atoms with Crippen LogP contribution in [0.3, 0.4) is 0 Å². The van der Waals surface area contributed by atoms with Crippen LogP contribution in [0.2, 0.25) is 6.82 Å². The largest absolute Gasteiger partial charge is 0.384 e. The summed E-state index contributed by atoms with van der Waals surface area (Å²) in [6, 6.07) is 0. The van der Waals surface area contributed by atoms with Crippen molar-refractivity contribution in [3.63, 3.8) is 0 Å². The molecule has 0 radical (unpaired) electrons. The molecule has 0 aromatic carbocycles. The van der Waals surface area contributed by atoms with Gasteiger partial charge in [-0.1, -0.05) is 25.8 Å². The first-order valence-electron chi connectivity index (χ1n) is 4.18. The molecule has 0 aliphatic carbocycles. The van der Waals surface area contributed by atoms with Gasteiger partial charge in [0.1, 0.15) is 0 Å². The summed E-state index contributed by atoms with van der Waals surface area (Å²) in [5, 5.41) is 0. The Balaban J connectivity index is 3.67. The van der Waals surface area contributed by atoms with E-state index in [9.17, 15) is 0 Å². The first kappa shape index (κ1) is 10.3. The van der Waals surface area contributed by atoms with Crippen LogP contribution in [0.25, 0.3) is 0 Å². The van der Waals surface area contributed by atoms with Crippen molar-refractivity contribution in [3.05, 3.63) is 24.2 Å². The zero-order chi connectivity index (χ0) is 8.69. The van der Waals surface area contributed by atoms with Crippen molar-refractivity contribution in [2.75, 3.05) is 14.1 Å². The Bertz CT molecular complexity index is 138. The molecular formula is C9H18BN. The highest BCUT2D eigenvalue weighted by Gasteiger charge is 1.93. The molecule has 0 saturated heterocycles. The summed E-state index contributed by atoms with van der Waals surface area (Å²) < 4.78 is 0. The van der Waals surface area contributed by atoms with Gasteiger partial charge in [-0.3, -0.25) is 0 Å². The minimum absolute atomic E-state index is 0.553. The summed E-state index contributed by atoms with van der Waals surface area (Å²) in [7, 11) is 4.07. The molecule has 0 saturated carbocycles. The molecule has 2 heteroatoms. The molecule has 0 spiro atoms. The molecule has 0 bridgehead atoms. The fourth-order valence-corrected chi connectivity index (χ4v) is 0.723. The zero-order valence-corrected chi connectivity index (χ0v) is 8.04. The third kappa shape index (κ3) is 7.24. The van der Waals surface area contributed by atoms with E-state index in [1.54, 1.807) is 0 Å². The quantitative estimate of drug-likeness (QED) is 0.557. The standard InChI is InChI=1S/C9H18BN/c1-5-6-7-10(2)8-9-11(3)4/h6-9H,5H2,1-4H3/b7-6-,9-8-. The van der Waals surface area contributed by atoms with Gasteiger partial charge in [0.2, 0.25) is 0 Å². The molecule has 0 unspecified atom stereocenters. The van der Waals surface area contributed by atoms with E-state index in [1.165, 1.54) is 0 Å². The molecule has 62 valence electrons. The summed E-state index contributed by atoms with van der Waals surface area (Å²) in [6.07, 6.45) is 5.41. The Hall–Kier alpha value is -0.655. The predicted octanol–water partition coefficient (Wildman–Crippen LogP) is 2.23. The summed E-state index contributed by atoms with van der Waals surface area (Å²) >= 11 is 0. The van der Waals surface area contributed by atoms with Gasteiger partial charge < -0.3 is 4.90 Å². The molecular weight excluding hydrogens is 133 g/mol. The minimum atomic E-state index is 0.553. The Morgan fingerprint density at radius 1 is 1.27 bits per heavy atom. The van der Waals surface area contributed by atoms with Crippen LogP contribution in [0.5, 0.6) is 0 Å². The van der Waals surface area contributed by atoms with Crippen LogP contribution >= 0.6 is 0 Å². The van der Waals surface area contributed by atoms with Crippen molar-refractivity contribution >= 4 is 6.71 Å². The maximum Gasteiger partial charge on any atom is 0.190 e. The lowest BCUT2D eigenvalue weighted by molar-refractivity contribution is 0.565. The van der Waals surface area contributed by atoms with E-state index in [0.29, 0.717) is 6.71 Å². The van der Waals surface area contributed by atoms with Crippen LogP contribution in [-0.2, 0) is 0 Å². The Labute approximate surface area is 70.9 Å². The molecule has 0 aromatic heterocycles. The lowest BCUT2D eigenvalue weighted by Gasteiger charge is -2.03. The number of hydrogen-bond donors (Lipinski definition) is 0. The number of rotatable bonds is 4. The minimum Gasteiger partial charge on any atom is -0.384 e. The van der Waals surface area contributed by atoms with Crippen molar-refractivity contribution in [1.82, 2.24) is 4.90 Å². The lowest BCUT2D eigenvalue weighted by atomic mass is 9.52. The van der Waals surface area contributed by atoms with Crippen LogP contribution in [0.15, 0.2) is 24.2 Å².